The maximum Gasteiger partial charge on any atom is 0.191 e. The van der Waals surface area contributed by atoms with Gasteiger partial charge >= 0.3 is 0 Å². The summed E-state index contributed by atoms with van der Waals surface area (Å²) >= 11 is 1.79. The van der Waals surface area contributed by atoms with E-state index < -0.39 is 0 Å². The largest absolute Gasteiger partial charge is 0.497 e. The monoisotopic (exact) mass is 445 g/mol. The maximum atomic E-state index is 5.42. The average Bonchev–Trinajstić information content (AvgIpc) is 3.27. The van der Waals surface area contributed by atoms with E-state index in [1.54, 1.807) is 25.6 Å². The Kier molecular flexibility index (Phi) is 8.82. The highest BCUT2D eigenvalue weighted by Crippen LogP contribution is 2.30. The number of guanidine groups is 1. The van der Waals surface area contributed by atoms with Gasteiger partial charge in [-0.3, -0.25) is 4.99 Å². The quantitative estimate of drug-likeness (QED) is 0.455. The smallest absolute Gasteiger partial charge is 0.191 e. The summed E-state index contributed by atoms with van der Waals surface area (Å²) in [6.45, 7) is 7.82. The number of ether oxygens (including phenoxy) is 2. The molecule has 0 unspecified atom stereocenters. The third kappa shape index (κ3) is 6.75. The van der Waals surface area contributed by atoms with E-state index in [9.17, 15) is 0 Å². The number of aromatic nitrogens is 1. The molecule has 7 nitrogen and oxygen atoms in total. The fourth-order valence-electron chi connectivity index (χ4n) is 3.66. The number of nitrogens with one attached hydrogen (secondary N) is 2. The van der Waals surface area contributed by atoms with Crippen molar-refractivity contribution >= 4 is 23.0 Å². The van der Waals surface area contributed by atoms with Crippen LogP contribution in [0.3, 0.4) is 0 Å². The maximum absolute atomic E-state index is 5.42. The first-order valence-electron chi connectivity index (χ1n) is 11.1. The normalized spacial score (nSPS) is 15.1. The summed E-state index contributed by atoms with van der Waals surface area (Å²) in [4.78, 5) is 13.0. The van der Waals surface area contributed by atoms with Crippen LogP contribution in [-0.4, -0.2) is 57.4 Å². The Bertz CT molecular complexity index is 824. The molecule has 1 aliphatic rings. The first kappa shape index (κ1) is 23.2. The van der Waals surface area contributed by atoms with Crippen molar-refractivity contribution in [3.8, 4) is 11.5 Å². The lowest BCUT2D eigenvalue weighted by molar-refractivity contribution is 0.393. The summed E-state index contributed by atoms with van der Waals surface area (Å²) in [6.07, 6.45) is 6.02. The van der Waals surface area contributed by atoms with E-state index in [0.717, 1.165) is 75.0 Å². The molecule has 3 rings (SSSR count). The minimum atomic E-state index is 0.410. The van der Waals surface area contributed by atoms with Gasteiger partial charge in [0.05, 0.1) is 19.2 Å². The number of aliphatic imine (C=N–C) groups is 1. The van der Waals surface area contributed by atoms with Crippen molar-refractivity contribution in [1.82, 2.24) is 15.6 Å². The van der Waals surface area contributed by atoms with Crippen LogP contribution in [-0.2, 0) is 12.8 Å². The van der Waals surface area contributed by atoms with Crippen molar-refractivity contribution in [2.45, 2.75) is 45.6 Å². The molecule has 0 aliphatic carbocycles. The molecule has 1 aliphatic heterocycles. The Morgan fingerprint density at radius 3 is 2.45 bits per heavy atom. The number of thiazole rings is 1. The molecule has 2 heterocycles. The minimum Gasteiger partial charge on any atom is -0.497 e. The van der Waals surface area contributed by atoms with Crippen LogP contribution in [0, 0.1) is 0 Å². The molecule has 0 bridgehead atoms. The van der Waals surface area contributed by atoms with Gasteiger partial charge in [0.2, 0.25) is 0 Å². The number of benzene rings is 1. The molecule has 170 valence electrons. The van der Waals surface area contributed by atoms with Crippen LogP contribution >= 0.6 is 11.3 Å². The second kappa shape index (κ2) is 11.8. The van der Waals surface area contributed by atoms with Crippen LogP contribution in [0.15, 0.2) is 29.4 Å². The molecule has 1 aromatic carbocycles. The zero-order chi connectivity index (χ0) is 22.1. The topological polar surface area (TPSA) is 71.0 Å². The third-order valence-electron chi connectivity index (χ3n) is 5.43. The van der Waals surface area contributed by atoms with Gasteiger partial charge < -0.3 is 25.0 Å². The van der Waals surface area contributed by atoms with E-state index >= 15 is 0 Å². The lowest BCUT2D eigenvalue weighted by atomic mass is 10.0. The molecule has 2 N–H and O–H groups in total. The number of hydrogen-bond donors (Lipinski definition) is 2. The summed E-state index contributed by atoms with van der Waals surface area (Å²) < 4.78 is 10.8. The summed E-state index contributed by atoms with van der Waals surface area (Å²) in [5, 5.41) is 8.17. The highest BCUT2D eigenvalue weighted by Gasteiger charge is 2.21. The highest BCUT2D eigenvalue weighted by atomic mass is 32.1. The molecule has 0 spiro atoms. The van der Waals surface area contributed by atoms with Gasteiger partial charge in [0.15, 0.2) is 5.96 Å². The number of methoxy groups -OCH3 is 2. The van der Waals surface area contributed by atoms with Gasteiger partial charge in [-0.1, -0.05) is 6.92 Å². The molecule has 0 saturated carbocycles. The SMILES string of the molecule is CCNC(=NCCc1ncc(CC)s1)NC1CCN(c2cc(OC)cc(OC)c2)CC1. The fourth-order valence-corrected chi connectivity index (χ4v) is 4.51. The Hall–Kier alpha value is -2.48. The Balaban J connectivity index is 1.52. The third-order valence-corrected chi connectivity index (χ3v) is 6.63. The van der Waals surface area contributed by atoms with Gasteiger partial charge in [0.1, 0.15) is 11.5 Å². The van der Waals surface area contributed by atoms with Gasteiger partial charge in [-0.25, -0.2) is 4.98 Å². The van der Waals surface area contributed by atoms with Crippen molar-refractivity contribution in [3.63, 3.8) is 0 Å². The van der Waals surface area contributed by atoms with Gasteiger partial charge in [0, 0.05) is 73.6 Å². The second-order valence-corrected chi connectivity index (χ2v) is 8.76. The summed E-state index contributed by atoms with van der Waals surface area (Å²) in [7, 11) is 3.38. The Morgan fingerprint density at radius 1 is 1.16 bits per heavy atom. The van der Waals surface area contributed by atoms with Crippen LogP contribution in [0.4, 0.5) is 5.69 Å². The molecule has 0 atom stereocenters. The molecule has 0 radical (unpaired) electrons. The van der Waals surface area contributed by atoms with Crippen molar-refractivity contribution in [1.29, 1.82) is 0 Å². The van der Waals surface area contributed by atoms with Crippen LogP contribution < -0.4 is 25.0 Å². The molecule has 8 heteroatoms. The van der Waals surface area contributed by atoms with Crippen molar-refractivity contribution in [2.75, 3.05) is 45.3 Å². The van der Waals surface area contributed by atoms with Crippen molar-refractivity contribution in [3.05, 3.63) is 34.3 Å². The number of nitrogens with zero attached hydrogens (tertiary/aromatic N) is 3. The van der Waals surface area contributed by atoms with Gasteiger partial charge in [-0.05, 0) is 26.2 Å². The molecule has 1 saturated heterocycles. The lowest BCUT2D eigenvalue weighted by Crippen LogP contribution is -2.48. The highest BCUT2D eigenvalue weighted by molar-refractivity contribution is 7.11. The number of piperidine rings is 1. The average molecular weight is 446 g/mol. The van der Waals surface area contributed by atoms with Crippen LogP contribution in [0.1, 0.15) is 36.6 Å². The fraction of sp³-hybridized carbons (Fsp3) is 0.565. The summed E-state index contributed by atoms with van der Waals surface area (Å²) in [6, 6.07) is 6.47. The summed E-state index contributed by atoms with van der Waals surface area (Å²) in [5.41, 5.74) is 1.14. The molecule has 1 aromatic heterocycles. The van der Waals surface area contributed by atoms with Crippen LogP contribution in [0.5, 0.6) is 11.5 Å². The minimum absolute atomic E-state index is 0.410. The van der Waals surface area contributed by atoms with E-state index in [0.29, 0.717) is 6.04 Å². The predicted molar refractivity (Wildman–Crippen MR) is 129 cm³/mol. The first-order chi connectivity index (χ1) is 15.1. The number of anilines is 1. The van der Waals surface area contributed by atoms with Crippen LogP contribution in [0.25, 0.3) is 0 Å². The van der Waals surface area contributed by atoms with E-state index in [-0.39, 0.29) is 0 Å². The molecule has 1 fully saturated rings. The number of aryl methyl sites for hydroxylation is 1. The molecule has 0 amide bonds. The second-order valence-electron chi connectivity index (χ2n) is 7.56. The van der Waals surface area contributed by atoms with Gasteiger partial charge in [-0.2, -0.15) is 0 Å². The Labute approximate surface area is 189 Å². The Morgan fingerprint density at radius 2 is 1.87 bits per heavy atom. The summed E-state index contributed by atoms with van der Waals surface area (Å²) in [5.74, 6) is 2.54. The molecule has 2 aromatic rings. The first-order valence-corrected chi connectivity index (χ1v) is 11.9. The molecule has 31 heavy (non-hydrogen) atoms. The van der Waals surface area contributed by atoms with E-state index in [2.05, 4.69) is 46.5 Å². The lowest BCUT2D eigenvalue weighted by Gasteiger charge is -2.34. The molecular formula is C23H35N5O2S. The van der Waals surface area contributed by atoms with E-state index in [1.165, 1.54) is 9.88 Å². The predicted octanol–water partition coefficient (Wildman–Crippen LogP) is 3.49. The standard InChI is InChI=1S/C23H35N5O2S/c1-5-21-16-26-22(31-21)7-10-25-23(24-6-2)27-17-8-11-28(12-9-17)18-13-19(29-3)15-20(14-18)30-4/h13-17H,5-12H2,1-4H3,(H2,24,25,27). The van der Waals surface area contributed by atoms with Gasteiger partial charge in [0.25, 0.3) is 0 Å². The number of hydrogen-bond acceptors (Lipinski definition) is 6. The van der Waals surface area contributed by atoms with E-state index in [4.69, 9.17) is 14.5 Å². The van der Waals surface area contributed by atoms with Crippen LogP contribution in [0.2, 0.25) is 0 Å². The van der Waals surface area contributed by atoms with Crippen molar-refractivity contribution < 1.29 is 9.47 Å². The van der Waals surface area contributed by atoms with Crippen molar-refractivity contribution in [2.24, 2.45) is 4.99 Å². The molecular weight excluding hydrogens is 410 g/mol. The van der Waals surface area contributed by atoms with E-state index in [1.807, 2.05) is 12.3 Å². The zero-order valence-corrected chi connectivity index (χ0v) is 19.9. The number of rotatable bonds is 9. The van der Waals surface area contributed by atoms with Gasteiger partial charge in [-0.15, -0.1) is 11.3 Å². The zero-order valence-electron chi connectivity index (χ0n) is 19.1.